The third-order valence-corrected chi connectivity index (χ3v) is 4.57. The number of ether oxygens (including phenoxy) is 2. The van der Waals surface area contributed by atoms with Crippen molar-refractivity contribution in [2.24, 2.45) is 0 Å². The van der Waals surface area contributed by atoms with Crippen LogP contribution in [0.5, 0.6) is 11.5 Å². The van der Waals surface area contributed by atoms with E-state index < -0.39 is 5.97 Å². The minimum Gasteiger partial charge on any atom is -0.486 e. The fourth-order valence-electron chi connectivity index (χ4n) is 2.10. The SMILES string of the molecule is CCc1nc(C(=O)O)c(-c2cc(Cl)c3c(c2)OCCO3)s1. The second-order valence-electron chi connectivity index (χ2n) is 4.43. The van der Waals surface area contributed by atoms with Crippen LogP contribution in [0.25, 0.3) is 10.4 Å². The highest BCUT2D eigenvalue weighted by Gasteiger charge is 2.22. The van der Waals surface area contributed by atoms with E-state index in [1.807, 2.05) is 6.92 Å². The Labute approximate surface area is 130 Å². The zero-order chi connectivity index (χ0) is 15.0. The van der Waals surface area contributed by atoms with E-state index in [9.17, 15) is 9.90 Å². The van der Waals surface area contributed by atoms with Gasteiger partial charge in [-0.1, -0.05) is 18.5 Å². The van der Waals surface area contributed by atoms with E-state index in [1.54, 1.807) is 12.1 Å². The summed E-state index contributed by atoms with van der Waals surface area (Å²) in [5.74, 6) is -0.0118. The molecule has 0 spiro atoms. The van der Waals surface area contributed by atoms with Crippen molar-refractivity contribution in [3.63, 3.8) is 0 Å². The largest absolute Gasteiger partial charge is 0.486 e. The fourth-order valence-corrected chi connectivity index (χ4v) is 3.35. The van der Waals surface area contributed by atoms with Crippen LogP contribution in [0.3, 0.4) is 0 Å². The minimum atomic E-state index is -1.05. The molecule has 3 rings (SSSR count). The van der Waals surface area contributed by atoms with Crippen molar-refractivity contribution in [2.75, 3.05) is 13.2 Å². The number of hydrogen-bond acceptors (Lipinski definition) is 5. The topological polar surface area (TPSA) is 68.7 Å². The molecule has 110 valence electrons. The summed E-state index contributed by atoms with van der Waals surface area (Å²) in [7, 11) is 0. The normalized spacial score (nSPS) is 13.2. The van der Waals surface area contributed by atoms with Gasteiger partial charge < -0.3 is 14.6 Å². The van der Waals surface area contributed by atoms with Crippen molar-refractivity contribution in [3.8, 4) is 21.9 Å². The number of fused-ring (bicyclic) bond motifs is 1. The summed E-state index contributed by atoms with van der Waals surface area (Å²) in [4.78, 5) is 16.1. The number of aromatic nitrogens is 1. The van der Waals surface area contributed by atoms with Gasteiger partial charge in [0.05, 0.1) is 14.9 Å². The first kappa shape index (κ1) is 14.2. The monoisotopic (exact) mass is 325 g/mol. The van der Waals surface area contributed by atoms with Crippen LogP contribution >= 0.6 is 22.9 Å². The van der Waals surface area contributed by atoms with E-state index in [4.69, 9.17) is 21.1 Å². The third kappa shape index (κ3) is 2.56. The Kier molecular flexibility index (Phi) is 3.73. The lowest BCUT2D eigenvalue weighted by Gasteiger charge is -2.20. The number of carbonyl (C=O) groups is 1. The van der Waals surface area contributed by atoms with E-state index in [1.165, 1.54) is 11.3 Å². The molecular formula is C14H12ClNO4S. The number of nitrogens with zero attached hydrogens (tertiary/aromatic N) is 1. The smallest absolute Gasteiger partial charge is 0.356 e. The maximum Gasteiger partial charge on any atom is 0.356 e. The molecule has 7 heteroatoms. The summed E-state index contributed by atoms with van der Waals surface area (Å²) in [5, 5.41) is 10.5. The zero-order valence-electron chi connectivity index (χ0n) is 11.2. The van der Waals surface area contributed by atoms with Gasteiger partial charge >= 0.3 is 5.97 Å². The molecule has 0 saturated carbocycles. The molecule has 0 unspecified atom stereocenters. The molecule has 0 amide bonds. The van der Waals surface area contributed by atoms with Crippen molar-refractivity contribution < 1.29 is 19.4 Å². The molecule has 1 aromatic carbocycles. The zero-order valence-corrected chi connectivity index (χ0v) is 12.8. The second-order valence-corrected chi connectivity index (χ2v) is 5.92. The van der Waals surface area contributed by atoms with E-state index in [0.717, 1.165) is 5.01 Å². The Balaban J connectivity index is 2.14. The number of carboxylic acids is 1. The predicted molar refractivity (Wildman–Crippen MR) is 79.9 cm³/mol. The molecule has 0 atom stereocenters. The molecule has 1 aromatic heterocycles. The molecule has 21 heavy (non-hydrogen) atoms. The van der Waals surface area contributed by atoms with E-state index in [-0.39, 0.29) is 5.69 Å². The summed E-state index contributed by atoms with van der Waals surface area (Å²) in [6.45, 7) is 2.83. The van der Waals surface area contributed by atoms with E-state index in [0.29, 0.717) is 46.6 Å². The highest BCUT2D eigenvalue weighted by atomic mass is 35.5. The van der Waals surface area contributed by atoms with Gasteiger partial charge in [0.1, 0.15) is 13.2 Å². The van der Waals surface area contributed by atoms with Gasteiger partial charge in [-0.2, -0.15) is 0 Å². The lowest BCUT2D eigenvalue weighted by atomic mass is 10.1. The molecule has 1 aliphatic rings. The van der Waals surface area contributed by atoms with Crippen LogP contribution in [0.4, 0.5) is 0 Å². The van der Waals surface area contributed by atoms with Gasteiger partial charge in [-0.05, 0) is 24.1 Å². The van der Waals surface area contributed by atoms with E-state index in [2.05, 4.69) is 4.98 Å². The number of hydrogen-bond donors (Lipinski definition) is 1. The van der Waals surface area contributed by atoms with Crippen LogP contribution in [0.15, 0.2) is 12.1 Å². The highest BCUT2D eigenvalue weighted by Crippen LogP contribution is 2.43. The number of thiazole rings is 1. The lowest BCUT2D eigenvalue weighted by Crippen LogP contribution is -2.15. The van der Waals surface area contributed by atoms with Gasteiger partial charge in [0.15, 0.2) is 17.2 Å². The van der Waals surface area contributed by atoms with Gasteiger partial charge in [-0.3, -0.25) is 0 Å². The van der Waals surface area contributed by atoms with Crippen LogP contribution in [0.1, 0.15) is 22.4 Å². The van der Waals surface area contributed by atoms with Crippen LogP contribution in [-0.4, -0.2) is 29.3 Å². The molecule has 0 bridgehead atoms. The second kappa shape index (κ2) is 5.54. The average Bonchev–Trinajstić information content (AvgIpc) is 2.92. The van der Waals surface area contributed by atoms with Crippen LogP contribution in [-0.2, 0) is 6.42 Å². The number of aryl methyl sites for hydroxylation is 1. The summed E-state index contributed by atoms with van der Waals surface area (Å²) >= 11 is 7.55. The molecule has 2 aromatic rings. The summed E-state index contributed by atoms with van der Waals surface area (Å²) in [6.07, 6.45) is 0.684. The number of benzene rings is 1. The highest BCUT2D eigenvalue weighted by molar-refractivity contribution is 7.15. The van der Waals surface area contributed by atoms with Crippen LogP contribution in [0.2, 0.25) is 5.02 Å². The first-order valence-electron chi connectivity index (χ1n) is 6.42. The first-order valence-corrected chi connectivity index (χ1v) is 7.62. The summed E-state index contributed by atoms with van der Waals surface area (Å²) < 4.78 is 11.0. The lowest BCUT2D eigenvalue weighted by molar-refractivity contribution is 0.0692. The van der Waals surface area contributed by atoms with Crippen molar-refractivity contribution >= 4 is 28.9 Å². The van der Waals surface area contributed by atoms with Gasteiger partial charge in [0, 0.05) is 0 Å². The van der Waals surface area contributed by atoms with Gasteiger partial charge in [-0.15, -0.1) is 11.3 Å². The maximum absolute atomic E-state index is 11.4. The Hall–Kier alpha value is -1.79. The van der Waals surface area contributed by atoms with Crippen molar-refractivity contribution in [1.29, 1.82) is 0 Å². The van der Waals surface area contributed by atoms with Crippen molar-refractivity contribution in [3.05, 3.63) is 27.9 Å². The standard InChI is InChI=1S/C14H12ClNO4S/c1-2-10-16-11(14(17)18)13(21-10)7-5-8(15)12-9(6-7)19-3-4-20-12/h5-6H,2-4H2,1H3,(H,17,18). The fraction of sp³-hybridized carbons (Fsp3) is 0.286. The first-order chi connectivity index (χ1) is 10.1. The summed E-state index contributed by atoms with van der Waals surface area (Å²) in [6, 6.07) is 3.44. The average molecular weight is 326 g/mol. The molecule has 1 aliphatic heterocycles. The molecule has 2 heterocycles. The predicted octanol–water partition coefficient (Wildman–Crippen LogP) is 3.50. The quantitative estimate of drug-likeness (QED) is 0.935. The van der Waals surface area contributed by atoms with Crippen molar-refractivity contribution in [1.82, 2.24) is 4.98 Å². The Morgan fingerprint density at radius 1 is 1.43 bits per heavy atom. The molecule has 0 fully saturated rings. The number of aromatic carboxylic acids is 1. The molecule has 5 nitrogen and oxygen atoms in total. The van der Waals surface area contributed by atoms with E-state index >= 15 is 0 Å². The maximum atomic E-state index is 11.4. The Morgan fingerprint density at radius 2 is 2.19 bits per heavy atom. The third-order valence-electron chi connectivity index (χ3n) is 3.04. The van der Waals surface area contributed by atoms with Crippen molar-refractivity contribution in [2.45, 2.75) is 13.3 Å². The molecule has 0 aliphatic carbocycles. The van der Waals surface area contributed by atoms with Gasteiger partial charge in [-0.25, -0.2) is 9.78 Å². The Bertz CT molecular complexity index is 713. The molecule has 1 N–H and O–H groups in total. The van der Waals surface area contributed by atoms with Crippen LogP contribution < -0.4 is 9.47 Å². The minimum absolute atomic E-state index is 0.0459. The molecule has 0 saturated heterocycles. The van der Waals surface area contributed by atoms with Gasteiger partial charge in [0.2, 0.25) is 0 Å². The number of halogens is 1. The Morgan fingerprint density at radius 3 is 2.90 bits per heavy atom. The van der Waals surface area contributed by atoms with Gasteiger partial charge in [0.25, 0.3) is 0 Å². The molecular weight excluding hydrogens is 314 g/mol. The number of carboxylic acid groups (broad SMARTS) is 1. The number of rotatable bonds is 3. The summed E-state index contributed by atoms with van der Waals surface area (Å²) in [5.41, 5.74) is 0.725. The van der Waals surface area contributed by atoms with Crippen LogP contribution in [0, 0.1) is 0 Å². The molecule has 0 radical (unpaired) electrons.